The van der Waals surface area contributed by atoms with Crippen molar-refractivity contribution in [1.29, 1.82) is 0 Å². The number of rotatable bonds is 2. The van der Waals surface area contributed by atoms with E-state index in [4.69, 9.17) is 4.74 Å². The summed E-state index contributed by atoms with van der Waals surface area (Å²) in [5.41, 5.74) is -0.398. The Morgan fingerprint density at radius 2 is 1.70 bits per heavy atom. The quantitative estimate of drug-likeness (QED) is 0.772. The highest BCUT2D eigenvalue weighted by Gasteiger charge is 2.36. The first-order chi connectivity index (χ1) is 9.26. The van der Waals surface area contributed by atoms with Crippen molar-refractivity contribution >= 4 is 6.09 Å². The van der Waals surface area contributed by atoms with E-state index in [2.05, 4.69) is 23.9 Å². The third-order valence-corrected chi connectivity index (χ3v) is 4.25. The Bertz CT molecular complexity index is 338. The van der Waals surface area contributed by atoms with Crippen LogP contribution in [0.1, 0.15) is 33.6 Å². The predicted octanol–water partition coefficient (Wildman–Crippen LogP) is 1.63. The van der Waals surface area contributed by atoms with Crippen molar-refractivity contribution in [2.75, 3.05) is 40.3 Å². The van der Waals surface area contributed by atoms with E-state index in [1.54, 1.807) is 0 Å². The van der Waals surface area contributed by atoms with Crippen LogP contribution in [0.15, 0.2) is 0 Å². The summed E-state index contributed by atoms with van der Waals surface area (Å²) in [5.74, 6) is 0. The molecule has 1 amide bonds. The summed E-state index contributed by atoms with van der Waals surface area (Å²) >= 11 is 0. The summed E-state index contributed by atoms with van der Waals surface area (Å²) in [6, 6.07) is 1.35. The largest absolute Gasteiger partial charge is 0.444 e. The molecular formula is C15H29N3O2. The highest BCUT2D eigenvalue weighted by atomic mass is 16.6. The third kappa shape index (κ3) is 3.85. The second-order valence-corrected chi connectivity index (χ2v) is 7.27. The zero-order valence-electron chi connectivity index (χ0n) is 13.6. The number of hydrogen-bond acceptors (Lipinski definition) is 4. The minimum atomic E-state index is -0.398. The maximum Gasteiger partial charge on any atom is 0.410 e. The van der Waals surface area contributed by atoms with Crippen LogP contribution in [-0.2, 0) is 4.74 Å². The lowest BCUT2D eigenvalue weighted by Gasteiger charge is -2.49. The van der Waals surface area contributed by atoms with Gasteiger partial charge in [-0.2, -0.15) is 0 Å². The number of likely N-dealkylation sites (tertiary alicyclic amines) is 2. The normalized spacial score (nSPS) is 23.0. The zero-order valence-corrected chi connectivity index (χ0v) is 13.6. The average Bonchev–Trinajstić information content (AvgIpc) is 2.24. The van der Waals surface area contributed by atoms with Gasteiger partial charge in [-0.1, -0.05) is 0 Å². The molecule has 0 aromatic carbocycles. The van der Waals surface area contributed by atoms with E-state index in [0.717, 1.165) is 25.9 Å². The molecule has 2 aliphatic rings. The highest BCUT2D eigenvalue weighted by molar-refractivity contribution is 5.68. The van der Waals surface area contributed by atoms with E-state index in [0.29, 0.717) is 12.1 Å². The van der Waals surface area contributed by atoms with E-state index < -0.39 is 5.60 Å². The molecule has 20 heavy (non-hydrogen) atoms. The molecule has 0 saturated carbocycles. The maximum absolute atomic E-state index is 12.0. The Morgan fingerprint density at radius 1 is 1.15 bits per heavy atom. The topological polar surface area (TPSA) is 36.0 Å². The number of nitrogens with zero attached hydrogens (tertiary/aromatic N) is 3. The zero-order chi connectivity index (χ0) is 14.9. The van der Waals surface area contributed by atoms with Gasteiger partial charge in [0, 0.05) is 38.3 Å². The van der Waals surface area contributed by atoms with Crippen molar-refractivity contribution in [2.24, 2.45) is 0 Å². The van der Waals surface area contributed by atoms with Gasteiger partial charge in [-0.15, -0.1) is 0 Å². The molecule has 0 aliphatic carbocycles. The van der Waals surface area contributed by atoms with Crippen LogP contribution < -0.4 is 0 Å². The smallest absolute Gasteiger partial charge is 0.410 e. The molecule has 0 bridgehead atoms. The fourth-order valence-corrected chi connectivity index (χ4v) is 2.85. The molecule has 2 rings (SSSR count). The van der Waals surface area contributed by atoms with Crippen molar-refractivity contribution in [3.8, 4) is 0 Å². The van der Waals surface area contributed by atoms with E-state index in [1.165, 1.54) is 13.1 Å². The minimum absolute atomic E-state index is 0.161. The maximum atomic E-state index is 12.0. The van der Waals surface area contributed by atoms with Gasteiger partial charge in [0.15, 0.2) is 0 Å². The standard InChI is InChI=1S/C15H29N3O2/c1-15(2,3)20-14(19)17-8-6-12(7-9-17)18-10-13(11-18)16(4)5/h12-13H,6-11H2,1-5H3. The van der Waals surface area contributed by atoms with Gasteiger partial charge in [-0.3, -0.25) is 4.90 Å². The van der Waals surface area contributed by atoms with Gasteiger partial charge in [0.2, 0.25) is 0 Å². The first kappa shape index (κ1) is 15.6. The summed E-state index contributed by atoms with van der Waals surface area (Å²) in [5, 5.41) is 0. The first-order valence-corrected chi connectivity index (χ1v) is 7.64. The Kier molecular flexibility index (Phi) is 4.59. The van der Waals surface area contributed by atoms with Crippen LogP contribution in [0, 0.1) is 0 Å². The van der Waals surface area contributed by atoms with Crippen LogP contribution in [0.5, 0.6) is 0 Å². The second kappa shape index (κ2) is 5.90. The molecule has 0 atom stereocenters. The van der Waals surface area contributed by atoms with Crippen molar-refractivity contribution in [1.82, 2.24) is 14.7 Å². The Balaban J connectivity index is 1.72. The summed E-state index contributed by atoms with van der Waals surface area (Å²) in [6.45, 7) is 9.73. The third-order valence-electron chi connectivity index (χ3n) is 4.25. The van der Waals surface area contributed by atoms with Crippen LogP contribution in [0.25, 0.3) is 0 Å². The molecule has 5 heteroatoms. The molecule has 116 valence electrons. The molecule has 0 radical (unpaired) electrons. The lowest BCUT2D eigenvalue weighted by Crippen LogP contribution is -2.62. The summed E-state index contributed by atoms with van der Waals surface area (Å²) < 4.78 is 5.43. The number of hydrogen-bond donors (Lipinski definition) is 0. The van der Waals surface area contributed by atoms with Crippen molar-refractivity contribution in [3.63, 3.8) is 0 Å². The molecule has 2 fully saturated rings. The monoisotopic (exact) mass is 283 g/mol. The average molecular weight is 283 g/mol. The Hall–Kier alpha value is -0.810. The van der Waals surface area contributed by atoms with Crippen LogP contribution >= 0.6 is 0 Å². The van der Waals surface area contributed by atoms with Crippen molar-refractivity contribution in [2.45, 2.75) is 51.3 Å². The summed E-state index contributed by atoms with van der Waals surface area (Å²) in [4.78, 5) is 18.7. The number of carbonyl (C=O) groups is 1. The van der Waals surface area contributed by atoms with Crippen molar-refractivity contribution < 1.29 is 9.53 Å². The first-order valence-electron chi connectivity index (χ1n) is 7.64. The fraction of sp³-hybridized carbons (Fsp3) is 0.933. The number of carbonyl (C=O) groups excluding carboxylic acids is 1. The number of likely N-dealkylation sites (N-methyl/N-ethyl adjacent to an activating group) is 1. The van der Waals surface area contributed by atoms with E-state index in [-0.39, 0.29) is 6.09 Å². The van der Waals surface area contributed by atoms with Gasteiger partial charge in [-0.05, 0) is 47.7 Å². The van der Waals surface area contributed by atoms with Gasteiger partial charge in [0.1, 0.15) is 5.60 Å². The van der Waals surface area contributed by atoms with Crippen molar-refractivity contribution in [3.05, 3.63) is 0 Å². The highest BCUT2D eigenvalue weighted by Crippen LogP contribution is 2.24. The molecule has 2 aliphatic heterocycles. The van der Waals surface area contributed by atoms with Gasteiger partial charge in [0.25, 0.3) is 0 Å². The number of amides is 1. The van der Waals surface area contributed by atoms with Gasteiger partial charge < -0.3 is 14.5 Å². The minimum Gasteiger partial charge on any atom is -0.444 e. The second-order valence-electron chi connectivity index (χ2n) is 7.27. The van der Waals surface area contributed by atoms with E-state index in [9.17, 15) is 4.79 Å². The van der Waals surface area contributed by atoms with Crippen LogP contribution in [0.2, 0.25) is 0 Å². The summed E-state index contributed by atoms with van der Waals surface area (Å²) in [6.07, 6.45) is 1.98. The van der Waals surface area contributed by atoms with Gasteiger partial charge in [-0.25, -0.2) is 4.79 Å². The molecular weight excluding hydrogens is 254 g/mol. The number of piperidine rings is 1. The molecule has 0 N–H and O–H groups in total. The fourth-order valence-electron chi connectivity index (χ4n) is 2.85. The Morgan fingerprint density at radius 3 is 2.15 bits per heavy atom. The lowest BCUT2D eigenvalue weighted by atomic mass is 9.97. The predicted molar refractivity (Wildman–Crippen MR) is 79.9 cm³/mol. The summed E-state index contributed by atoms with van der Waals surface area (Å²) in [7, 11) is 4.29. The molecule has 0 aromatic heterocycles. The van der Waals surface area contributed by atoms with Gasteiger partial charge >= 0.3 is 6.09 Å². The molecule has 0 spiro atoms. The molecule has 2 heterocycles. The Labute approximate surface area is 122 Å². The van der Waals surface area contributed by atoms with E-state index >= 15 is 0 Å². The SMILES string of the molecule is CN(C)C1CN(C2CCN(C(=O)OC(C)(C)C)CC2)C1. The molecule has 5 nitrogen and oxygen atoms in total. The van der Waals surface area contributed by atoms with Crippen LogP contribution in [0.3, 0.4) is 0 Å². The molecule has 0 unspecified atom stereocenters. The number of ether oxygens (including phenoxy) is 1. The molecule has 2 saturated heterocycles. The molecule has 0 aromatic rings. The van der Waals surface area contributed by atoms with Gasteiger partial charge in [0.05, 0.1) is 0 Å². The lowest BCUT2D eigenvalue weighted by molar-refractivity contribution is -0.0102. The van der Waals surface area contributed by atoms with Crippen LogP contribution in [0.4, 0.5) is 4.79 Å². The van der Waals surface area contributed by atoms with E-state index in [1.807, 2.05) is 25.7 Å². The van der Waals surface area contributed by atoms with Crippen LogP contribution in [-0.4, -0.2) is 78.8 Å².